The predicted molar refractivity (Wildman–Crippen MR) is 95.3 cm³/mol. The van der Waals surface area contributed by atoms with Crippen molar-refractivity contribution in [3.63, 3.8) is 0 Å². The molecule has 1 aliphatic rings. The zero-order valence-electron chi connectivity index (χ0n) is 13.8. The maximum atomic E-state index is 12.4. The molecule has 1 fully saturated rings. The van der Waals surface area contributed by atoms with Crippen molar-refractivity contribution < 1.29 is 14.3 Å². The number of nitrogens with zero attached hydrogens (tertiary/aromatic N) is 2. The van der Waals surface area contributed by atoms with Crippen LogP contribution in [0.1, 0.15) is 33.8 Å². The van der Waals surface area contributed by atoms with E-state index >= 15 is 0 Å². The van der Waals surface area contributed by atoms with Crippen molar-refractivity contribution in [3.8, 4) is 5.75 Å². The minimum atomic E-state index is -0.405. The minimum Gasteiger partial charge on any atom is -0.495 e. The summed E-state index contributed by atoms with van der Waals surface area (Å²) in [7, 11) is 1.52. The second kappa shape index (κ2) is 7.53. The van der Waals surface area contributed by atoms with Gasteiger partial charge in [0.15, 0.2) is 0 Å². The van der Waals surface area contributed by atoms with Crippen molar-refractivity contribution in [2.75, 3.05) is 25.5 Å². The molecule has 6 nitrogen and oxygen atoms in total. The van der Waals surface area contributed by atoms with Crippen LogP contribution < -0.4 is 10.1 Å². The van der Waals surface area contributed by atoms with Crippen LogP contribution in [0.25, 0.3) is 0 Å². The molecule has 0 unspecified atom stereocenters. The Morgan fingerprint density at radius 2 is 1.88 bits per heavy atom. The first-order valence-corrected chi connectivity index (χ1v) is 8.37. The molecule has 7 heteroatoms. The highest BCUT2D eigenvalue weighted by Crippen LogP contribution is 2.27. The number of hydrogen-bond donors (Lipinski definition) is 1. The van der Waals surface area contributed by atoms with Crippen molar-refractivity contribution in [2.24, 2.45) is 0 Å². The summed E-state index contributed by atoms with van der Waals surface area (Å²) < 4.78 is 5.08. The van der Waals surface area contributed by atoms with E-state index in [1.807, 2.05) is 0 Å². The number of hydrogen-bond acceptors (Lipinski definition) is 4. The van der Waals surface area contributed by atoms with Crippen LogP contribution in [-0.4, -0.2) is 41.9 Å². The number of amides is 2. The Morgan fingerprint density at radius 1 is 1.16 bits per heavy atom. The monoisotopic (exact) mass is 359 g/mol. The van der Waals surface area contributed by atoms with E-state index in [1.54, 1.807) is 41.3 Å². The van der Waals surface area contributed by atoms with Gasteiger partial charge in [-0.15, -0.1) is 0 Å². The molecule has 1 N–H and O–H groups in total. The SMILES string of the molecule is COc1ccc(NC(=O)c2cccc(C(=O)N3CCCC3)n2)cc1Cl. The van der Waals surface area contributed by atoms with Gasteiger partial charge in [0.2, 0.25) is 0 Å². The van der Waals surface area contributed by atoms with Crippen molar-refractivity contribution in [1.82, 2.24) is 9.88 Å². The van der Waals surface area contributed by atoms with E-state index < -0.39 is 5.91 Å². The van der Waals surface area contributed by atoms with Gasteiger partial charge in [-0.25, -0.2) is 4.98 Å². The Bertz CT molecular complexity index is 804. The first kappa shape index (κ1) is 17.2. The van der Waals surface area contributed by atoms with E-state index in [4.69, 9.17) is 16.3 Å². The number of pyridine rings is 1. The summed E-state index contributed by atoms with van der Waals surface area (Å²) in [6.45, 7) is 1.47. The standard InChI is InChI=1S/C18H18ClN3O3/c1-25-16-8-7-12(11-13(16)19)20-17(23)14-5-4-6-15(21-14)18(24)22-9-2-3-10-22/h4-8,11H,2-3,9-10H2,1H3,(H,20,23). The van der Waals surface area contributed by atoms with E-state index in [9.17, 15) is 9.59 Å². The molecule has 1 saturated heterocycles. The number of anilines is 1. The van der Waals surface area contributed by atoms with Gasteiger partial charge < -0.3 is 15.0 Å². The zero-order valence-corrected chi connectivity index (χ0v) is 14.5. The highest BCUT2D eigenvalue weighted by molar-refractivity contribution is 6.32. The minimum absolute atomic E-state index is 0.139. The summed E-state index contributed by atoms with van der Waals surface area (Å²) in [4.78, 5) is 30.8. The number of benzene rings is 1. The van der Waals surface area contributed by atoms with Crippen LogP contribution in [0.15, 0.2) is 36.4 Å². The molecule has 2 heterocycles. The van der Waals surface area contributed by atoms with Gasteiger partial charge in [-0.2, -0.15) is 0 Å². The third-order valence-electron chi connectivity index (χ3n) is 4.00. The van der Waals surface area contributed by atoms with Gasteiger partial charge in [0.1, 0.15) is 17.1 Å². The number of methoxy groups -OCH3 is 1. The van der Waals surface area contributed by atoms with Gasteiger partial charge >= 0.3 is 0 Å². The summed E-state index contributed by atoms with van der Waals surface area (Å²) in [6, 6.07) is 9.80. The van der Waals surface area contributed by atoms with E-state index in [-0.39, 0.29) is 17.3 Å². The number of rotatable bonds is 4. The number of ether oxygens (including phenoxy) is 1. The van der Waals surface area contributed by atoms with Gasteiger partial charge in [-0.05, 0) is 43.2 Å². The first-order chi connectivity index (χ1) is 12.1. The number of nitrogens with one attached hydrogen (secondary N) is 1. The molecule has 1 aromatic carbocycles. The Labute approximate surface area is 150 Å². The van der Waals surface area contributed by atoms with Crippen LogP contribution in [0, 0.1) is 0 Å². The lowest BCUT2D eigenvalue weighted by Crippen LogP contribution is -2.29. The first-order valence-electron chi connectivity index (χ1n) is 7.99. The predicted octanol–water partition coefficient (Wildman–Crippen LogP) is 3.23. The lowest BCUT2D eigenvalue weighted by atomic mass is 10.2. The Balaban J connectivity index is 1.75. The quantitative estimate of drug-likeness (QED) is 0.909. The van der Waals surface area contributed by atoms with Crippen LogP contribution in [0.5, 0.6) is 5.75 Å². The molecule has 3 rings (SSSR count). The van der Waals surface area contributed by atoms with Gasteiger partial charge in [0, 0.05) is 18.8 Å². The lowest BCUT2D eigenvalue weighted by molar-refractivity contribution is 0.0787. The number of likely N-dealkylation sites (tertiary alicyclic amines) is 1. The van der Waals surface area contributed by atoms with Crippen LogP contribution in [0.3, 0.4) is 0 Å². The van der Waals surface area contributed by atoms with Crippen molar-refractivity contribution >= 4 is 29.1 Å². The summed E-state index contributed by atoms with van der Waals surface area (Å²) in [5.74, 6) is -0.0204. The number of halogens is 1. The fraction of sp³-hybridized carbons (Fsp3) is 0.278. The molecule has 1 aromatic heterocycles. The average molecular weight is 360 g/mol. The fourth-order valence-electron chi connectivity index (χ4n) is 2.70. The highest BCUT2D eigenvalue weighted by Gasteiger charge is 2.21. The molecule has 2 aromatic rings. The number of carbonyl (C=O) groups excluding carboxylic acids is 2. The molecular formula is C18H18ClN3O3. The van der Waals surface area contributed by atoms with Crippen LogP contribution in [0.4, 0.5) is 5.69 Å². The Kier molecular flexibility index (Phi) is 5.19. The van der Waals surface area contributed by atoms with Crippen LogP contribution >= 0.6 is 11.6 Å². The third-order valence-corrected chi connectivity index (χ3v) is 4.30. The number of carbonyl (C=O) groups is 2. The summed E-state index contributed by atoms with van der Waals surface area (Å²) in [5.41, 5.74) is 0.980. The van der Waals surface area contributed by atoms with Gasteiger partial charge in [-0.1, -0.05) is 17.7 Å². The van der Waals surface area contributed by atoms with E-state index in [1.165, 1.54) is 7.11 Å². The third kappa shape index (κ3) is 3.91. The zero-order chi connectivity index (χ0) is 17.8. The molecule has 0 radical (unpaired) electrons. The lowest BCUT2D eigenvalue weighted by Gasteiger charge is -2.14. The largest absolute Gasteiger partial charge is 0.495 e. The molecule has 2 amide bonds. The molecule has 0 atom stereocenters. The van der Waals surface area contributed by atoms with Gasteiger partial charge in [0.25, 0.3) is 11.8 Å². The molecule has 0 spiro atoms. The maximum absolute atomic E-state index is 12.4. The Morgan fingerprint density at radius 3 is 2.56 bits per heavy atom. The van der Waals surface area contributed by atoms with E-state index in [2.05, 4.69) is 10.3 Å². The van der Waals surface area contributed by atoms with Crippen molar-refractivity contribution in [1.29, 1.82) is 0 Å². The normalized spacial score (nSPS) is 13.6. The second-order valence-corrected chi connectivity index (χ2v) is 6.12. The molecule has 1 aliphatic heterocycles. The molecule has 130 valence electrons. The smallest absolute Gasteiger partial charge is 0.274 e. The molecule has 0 aliphatic carbocycles. The van der Waals surface area contributed by atoms with Gasteiger partial charge in [0.05, 0.1) is 12.1 Å². The number of aromatic nitrogens is 1. The topological polar surface area (TPSA) is 71.5 Å². The summed E-state index contributed by atoms with van der Waals surface area (Å²) in [5, 5.41) is 3.11. The van der Waals surface area contributed by atoms with E-state index in [0.717, 1.165) is 25.9 Å². The van der Waals surface area contributed by atoms with Gasteiger partial charge in [-0.3, -0.25) is 9.59 Å². The summed E-state index contributed by atoms with van der Waals surface area (Å²) >= 11 is 6.06. The molecule has 0 bridgehead atoms. The van der Waals surface area contributed by atoms with E-state index in [0.29, 0.717) is 16.5 Å². The fourth-order valence-corrected chi connectivity index (χ4v) is 2.96. The highest BCUT2D eigenvalue weighted by atomic mass is 35.5. The Hall–Kier alpha value is -2.60. The molecule has 25 heavy (non-hydrogen) atoms. The van der Waals surface area contributed by atoms with Crippen LogP contribution in [0.2, 0.25) is 5.02 Å². The average Bonchev–Trinajstić information content (AvgIpc) is 3.16. The second-order valence-electron chi connectivity index (χ2n) is 5.71. The molecular weight excluding hydrogens is 342 g/mol. The summed E-state index contributed by atoms with van der Waals surface area (Å²) in [6.07, 6.45) is 2.01. The maximum Gasteiger partial charge on any atom is 0.274 e. The van der Waals surface area contributed by atoms with Crippen LogP contribution in [-0.2, 0) is 0 Å². The van der Waals surface area contributed by atoms with Crippen molar-refractivity contribution in [3.05, 3.63) is 52.8 Å². The molecule has 0 saturated carbocycles. The van der Waals surface area contributed by atoms with Crippen molar-refractivity contribution in [2.45, 2.75) is 12.8 Å².